The van der Waals surface area contributed by atoms with Crippen molar-refractivity contribution in [1.82, 2.24) is 4.98 Å². The van der Waals surface area contributed by atoms with Crippen molar-refractivity contribution in [2.75, 3.05) is 6.61 Å². The summed E-state index contributed by atoms with van der Waals surface area (Å²) in [5.41, 5.74) is 0.715. The van der Waals surface area contributed by atoms with Crippen LogP contribution in [0, 0.1) is 0 Å². The van der Waals surface area contributed by atoms with Crippen LogP contribution in [-0.2, 0) is 17.8 Å². The summed E-state index contributed by atoms with van der Waals surface area (Å²) in [7, 11) is 0. The van der Waals surface area contributed by atoms with Crippen LogP contribution in [0.4, 0.5) is 13.2 Å². The van der Waals surface area contributed by atoms with Crippen LogP contribution in [-0.4, -0.2) is 52.5 Å². The Balaban J connectivity index is 1.44. The van der Waals surface area contributed by atoms with E-state index in [9.17, 15) is 18.3 Å². The number of fused-ring (bicyclic) bond motifs is 3. The fraction of sp³-hybridized carbons (Fsp3) is 0.476. The number of hydrazone groups is 1. The van der Waals surface area contributed by atoms with Crippen LogP contribution in [0.5, 0.6) is 5.75 Å². The van der Waals surface area contributed by atoms with E-state index < -0.39 is 36.8 Å². The van der Waals surface area contributed by atoms with Gasteiger partial charge in [-0.2, -0.15) is 18.3 Å². The standard InChI is InChI=1S/C21H23F3N4O3/c1-12(19(28-25)10-26-14-7-20(29,8-14)21(22,23)24)31-15-2-3-18-17(6-15)16-4-5-30-11-13(16)9-27-18/h2-3,6,9-10,12,14,29H,4-5,7-8,11,25H2,1H3/b26-10?,28-19+/t12-,14?,20?/m1/s1. The number of aromatic nitrogens is 1. The Morgan fingerprint density at radius 1 is 1.42 bits per heavy atom. The van der Waals surface area contributed by atoms with Gasteiger partial charge in [0.1, 0.15) is 17.6 Å². The third-order valence-electron chi connectivity index (χ3n) is 5.76. The number of nitrogens with zero attached hydrogens (tertiary/aromatic N) is 3. The third-order valence-corrected chi connectivity index (χ3v) is 5.76. The highest BCUT2D eigenvalue weighted by molar-refractivity contribution is 6.32. The minimum atomic E-state index is -4.66. The van der Waals surface area contributed by atoms with Crippen LogP contribution >= 0.6 is 0 Å². The van der Waals surface area contributed by atoms with E-state index in [1.807, 2.05) is 18.3 Å². The number of hydrogen-bond donors (Lipinski definition) is 2. The number of alkyl halides is 3. The van der Waals surface area contributed by atoms with Crippen LogP contribution in [0.1, 0.15) is 30.9 Å². The minimum Gasteiger partial charge on any atom is -0.484 e. The minimum absolute atomic E-state index is 0.282. The molecule has 2 heterocycles. The fourth-order valence-corrected chi connectivity index (χ4v) is 3.86. The number of ether oxygens (including phenoxy) is 2. The van der Waals surface area contributed by atoms with Gasteiger partial charge in [-0.3, -0.25) is 9.98 Å². The Bertz CT molecular complexity index is 1030. The molecule has 0 bridgehead atoms. The molecular formula is C21H23F3N4O3. The zero-order valence-corrected chi connectivity index (χ0v) is 16.9. The Morgan fingerprint density at radius 3 is 2.90 bits per heavy atom. The van der Waals surface area contributed by atoms with Gasteiger partial charge >= 0.3 is 6.18 Å². The zero-order valence-electron chi connectivity index (χ0n) is 16.9. The molecule has 1 aromatic heterocycles. The van der Waals surface area contributed by atoms with E-state index >= 15 is 0 Å². The highest BCUT2D eigenvalue weighted by Gasteiger charge is 2.61. The molecule has 0 amide bonds. The van der Waals surface area contributed by atoms with Gasteiger partial charge in [-0.1, -0.05) is 0 Å². The molecule has 10 heteroatoms. The number of pyridine rings is 1. The predicted octanol–water partition coefficient (Wildman–Crippen LogP) is 2.92. The molecule has 1 aliphatic carbocycles. The smallest absolute Gasteiger partial charge is 0.417 e. The van der Waals surface area contributed by atoms with Gasteiger partial charge in [-0.15, -0.1) is 0 Å². The van der Waals surface area contributed by atoms with E-state index in [-0.39, 0.29) is 5.71 Å². The average Bonchev–Trinajstić information content (AvgIpc) is 2.71. The van der Waals surface area contributed by atoms with Crippen molar-refractivity contribution in [1.29, 1.82) is 0 Å². The molecule has 1 aromatic carbocycles. The number of aliphatic hydroxyl groups is 1. The van der Waals surface area contributed by atoms with Gasteiger partial charge in [0.2, 0.25) is 0 Å². The first-order valence-corrected chi connectivity index (χ1v) is 9.95. The van der Waals surface area contributed by atoms with Crippen LogP contribution in [0.3, 0.4) is 0 Å². The summed E-state index contributed by atoms with van der Waals surface area (Å²) >= 11 is 0. The average molecular weight is 436 g/mol. The third kappa shape index (κ3) is 4.22. The van der Waals surface area contributed by atoms with Crippen molar-refractivity contribution < 1.29 is 27.8 Å². The van der Waals surface area contributed by atoms with E-state index in [2.05, 4.69) is 15.1 Å². The van der Waals surface area contributed by atoms with E-state index in [0.29, 0.717) is 19.0 Å². The second-order valence-corrected chi connectivity index (χ2v) is 7.93. The number of hydrogen-bond acceptors (Lipinski definition) is 7. The molecule has 7 nitrogen and oxygen atoms in total. The lowest BCUT2D eigenvalue weighted by molar-refractivity contribution is -0.289. The summed E-state index contributed by atoms with van der Waals surface area (Å²) in [4.78, 5) is 8.54. The highest BCUT2D eigenvalue weighted by Crippen LogP contribution is 2.46. The molecule has 1 aliphatic heterocycles. The number of aliphatic imine (C=N–C) groups is 1. The number of rotatable bonds is 5. The van der Waals surface area contributed by atoms with Crippen LogP contribution in [0.25, 0.3) is 10.9 Å². The molecular weight excluding hydrogens is 413 g/mol. The maximum atomic E-state index is 12.7. The summed E-state index contributed by atoms with van der Waals surface area (Å²) in [6, 6.07) is 4.92. The summed E-state index contributed by atoms with van der Waals surface area (Å²) in [6.45, 7) is 2.91. The maximum absolute atomic E-state index is 12.7. The molecule has 3 N–H and O–H groups in total. The first kappa shape index (κ1) is 21.5. The van der Waals surface area contributed by atoms with Crippen molar-refractivity contribution >= 4 is 22.8 Å². The molecule has 2 aliphatic rings. The number of nitrogens with two attached hydrogens (primary N) is 1. The van der Waals surface area contributed by atoms with Crippen LogP contribution in [0.2, 0.25) is 0 Å². The molecule has 1 fully saturated rings. The van der Waals surface area contributed by atoms with Gasteiger partial charge in [0, 0.05) is 30.6 Å². The van der Waals surface area contributed by atoms with Gasteiger partial charge in [-0.25, -0.2) is 0 Å². The van der Waals surface area contributed by atoms with Gasteiger partial charge in [-0.05, 0) is 42.7 Å². The van der Waals surface area contributed by atoms with Crippen LogP contribution in [0.15, 0.2) is 34.5 Å². The molecule has 166 valence electrons. The van der Waals surface area contributed by atoms with E-state index in [4.69, 9.17) is 15.3 Å². The summed E-state index contributed by atoms with van der Waals surface area (Å²) in [5, 5.41) is 14.2. The normalized spacial score (nSPS) is 25.3. The molecule has 1 saturated carbocycles. The lowest BCUT2D eigenvalue weighted by atomic mass is 9.75. The van der Waals surface area contributed by atoms with E-state index in [1.54, 1.807) is 13.0 Å². The first-order chi connectivity index (χ1) is 14.7. The van der Waals surface area contributed by atoms with Gasteiger partial charge < -0.3 is 20.4 Å². The summed E-state index contributed by atoms with van der Waals surface area (Å²) in [6.07, 6.45) is -2.26. The van der Waals surface area contributed by atoms with Crippen LogP contribution < -0.4 is 10.6 Å². The summed E-state index contributed by atoms with van der Waals surface area (Å²) < 4.78 is 49.6. The van der Waals surface area contributed by atoms with Gasteiger partial charge in [0.15, 0.2) is 5.60 Å². The Morgan fingerprint density at radius 2 is 2.19 bits per heavy atom. The SMILES string of the molecule is C[C@@H](Oc1ccc2ncc3c(c2c1)CCOC3)/C(C=NC1CC(O)(C(F)(F)F)C1)=N/N. The predicted molar refractivity (Wildman–Crippen MR) is 109 cm³/mol. The van der Waals surface area contributed by atoms with Crippen molar-refractivity contribution in [2.45, 2.75) is 56.7 Å². The first-order valence-electron chi connectivity index (χ1n) is 9.95. The Labute approximate surface area is 176 Å². The van der Waals surface area contributed by atoms with Crippen molar-refractivity contribution in [3.63, 3.8) is 0 Å². The molecule has 4 rings (SSSR count). The van der Waals surface area contributed by atoms with Crippen molar-refractivity contribution in [3.05, 3.63) is 35.5 Å². The molecule has 1 atom stereocenters. The second kappa shape index (κ2) is 8.08. The molecule has 0 spiro atoms. The zero-order chi connectivity index (χ0) is 22.2. The quantitative estimate of drug-likeness (QED) is 0.426. The Hall–Kier alpha value is -2.72. The molecule has 0 unspecified atom stereocenters. The topological polar surface area (TPSA) is 102 Å². The van der Waals surface area contributed by atoms with Gasteiger partial charge in [0.25, 0.3) is 0 Å². The summed E-state index contributed by atoms with van der Waals surface area (Å²) in [5.74, 6) is 6.03. The van der Waals surface area contributed by atoms with Crippen molar-refractivity contribution in [2.24, 2.45) is 15.9 Å². The van der Waals surface area contributed by atoms with Crippen molar-refractivity contribution in [3.8, 4) is 5.75 Å². The molecule has 31 heavy (non-hydrogen) atoms. The Kier molecular flexibility index (Phi) is 5.61. The fourth-order valence-electron chi connectivity index (χ4n) is 3.86. The number of halogens is 3. The molecule has 0 radical (unpaired) electrons. The molecule has 2 aromatic rings. The van der Waals surface area contributed by atoms with E-state index in [1.165, 1.54) is 11.8 Å². The maximum Gasteiger partial charge on any atom is 0.417 e. The highest BCUT2D eigenvalue weighted by atomic mass is 19.4. The van der Waals surface area contributed by atoms with Gasteiger partial charge in [0.05, 0.1) is 24.8 Å². The number of benzene rings is 1. The lowest BCUT2D eigenvalue weighted by Crippen LogP contribution is -2.57. The van der Waals surface area contributed by atoms with E-state index in [0.717, 1.165) is 22.9 Å². The largest absolute Gasteiger partial charge is 0.484 e. The monoisotopic (exact) mass is 436 g/mol. The molecule has 0 saturated heterocycles. The lowest BCUT2D eigenvalue weighted by Gasteiger charge is -2.42. The second-order valence-electron chi connectivity index (χ2n) is 7.93.